The van der Waals surface area contributed by atoms with E-state index in [9.17, 15) is 19.8 Å². The zero-order chi connectivity index (χ0) is 40.8. The number of ether oxygens (including phenoxy) is 4. The predicted molar refractivity (Wildman–Crippen MR) is 213 cm³/mol. The number of para-hydroxylation sites is 1. The third-order valence-corrected chi connectivity index (χ3v) is 16.3. The number of hydrogen-bond donors (Lipinski definition) is 3. The first-order valence-corrected chi connectivity index (χ1v) is 20.9. The standard InChI is InChI=1S/C45H54N4O9/c1-7-40(53)22-26-23-44(38(51)56-5,34-42(15-19-49(24-40)33(26)42)27-12-9-10-13-30(27)46-34)29-20-28-31(21-32(29)55-4)47-35-43(28)16-18-48-17-11-14-41(8-2,36(43)48)37(58-25(3)50)45(35,54)39(52)57-6/h9-14,20-21,26,33,35-37,47,53-54H,7-8,15-19,22-24H2,1-6H3/t26-,33+,35-,36+,37-,40+,41-,42-,43+,44+,45+/m1/s1. The monoisotopic (exact) mass is 794 g/mol. The van der Waals surface area contributed by atoms with E-state index < -0.39 is 62.9 Å². The molecule has 13 nitrogen and oxygen atoms in total. The van der Waals surface area contributed by atoms with Crippen LogP contribution >= 0.6 is 0 Å². The van der Waals surface area contributed by atoms with Crippen LogP contribution in [0.5, 0.6) is 5.75 Å². The molecule has 13 heteroatoms. The average molecular weight is 795 g/mol. The maximum atomic E-state index is 15.3. The van der Waals surface area contributed by atoms with Crippen LogP contribution in [-0.4, -0.2) is 127 Å². The molecule has 2 aromatic carbocycles. The van der Waals surface area contributed by atoms with Gasteiger partial charge in [0.1, 0.15) is 11.2 Å². The number of anilines is 1. The number of methoxy groups -OCH3 is 3. The van der Waals surface area contributed by atoms with E-state index in [-0.39, 0.29) is 18.0 Å². The van der Waals surface area contributed by atoms with Gasteiger partial charge in [-0.3, -0.25) is 24.4 Å². The summed E-state index contributed by atoms with van der Waals surface area (Å²) < 4.78 is 23.7. The number of hydrogen-bond acceptors (Lipinski definition) is 13. The number of carbonyl (C=O) groups is 3. The molecule has 6 heterocycles. The number of benzene rings is 2. The van der Waals surface area contributed by atoms with Crippen molar-refractivity contribution in [3.8, 4) is 5.75 Å². The van der Waals surface area contributed by atoms with E-state index in [0.29, 0.717) is 68.7 Å². The van der Waals surface area contributed by atoms with Gasteiger partial charge in [0, 0.05) is 60.2 Å². The lowest BCUT2D eigenvalue weighted by molar-refractivity contribution is -0.226. The molecule has 58 heavy (non-hydrogen) atoms. The van der Waals surface area contributed by atoms with E-state index in [4.69, 9.17) is 23.9 Å². The molecular formula is C45H54N4O9. The quantitative estimate of drug-likeness (QED) is 0.213. The lowest BCUT2D eigenvalue weighted by Crippen LogP contribution is -2.80. The molecule has 2 aromatic rings. The molecule has 11 atom stereocenters. The van der Waals surface area contributed by atoms with Crippen LogP contribution in [-0.2, 0) is 44.8 Å². The summed E-state index contributed by atoms with van der Waals surface area (Å²) in [5.41, 5.74) is -2.38. The summed E-state index contributed by atoms with van der Waals surface area (Å²) in [5, 5.41) is 28.8. The zero-order valence-electron chi connectivity index (χ0n) is 34.2. The molecular weight excluding hydrogens is 741 g/mol. The van der Waals surface area contributed by atoms with Gasteiger partial charge >= 0.3 is 17.9 Å². The normalized spacial score (nSPS) is 41.2. The van der Waals surface area contributed by atoms with Gasteiger partial charge in [0.25, 0.3) is 0 Å². The van der Waals surface area contributed by atoms with E-state index in [2.05, 4.69) is 27.2 Å². The molecule has 8 aliphatic rings. The summed E-state index contributed by atoms with van der Waals surface area (Å²) in [6, 6.07) is 10.9. The zero-order valence-corrected chi connectivity index (χ0v) is 34.2. The van der Waals surface area contributed by atoms with Crippen molar-refractivity contribution >= 4 is 35.0 Å². The Balaban J connectivity index is 1.25. The summed E-state index contributed by atoms with van der Waals surface area (Å²) in [4.78, 5) is 52.7. The summed E-state index contributed by atoms with van der Waals surface area (Å²) in [7, 11) is 4.26. The molecule has 0 radical (unpaired) electrons. The van der Waals surface area contributed by atoms with E-state index in [1.807, 2.05) is 50.3 Å². The molecule has 0 amide bonds. The Bertz CT molecular complexity index is 2210. The van der Waals surface area contributed by atoms with Gasteiger partial charge in [0.2, 0.25) is 5.60 Å². The van der Waals surface area contributed by atoms with Crippen LogP contribution in [0.1, 0.15) is 76.0 Å². The molecule has 10 rings (SSSR count). The Hall–Kier alpha value is -4.30. The molecule has 0 aromatic heterocycles. The van der Waals surface area contributed by atoms with Crippen molar-refractivity contribution in [1.29, 1.82) is 0 Å². The van der Waals surface area contributed by atoms with Crippen molar-refractivity contribution < 1.29 is 43.5 Å². The van der Waals surface area contributed by atoms with Gasteiger partial charge in [-0.1, -0.05) is 44.2 Å². The molecule has 0 bridgehead atoms. The maximum Gasteiger partial charge on any atom is 0.344 e. The van der Waals surface area contributed by atoms with Gasteiger partial charge in [0.15, 0.2) is 6.10 Å². The van der Waals surface area contributed by atoms with Crippen LogP contribution < -0.4 is 10.1 Å². The molecule has 6 aliphatic heterocycles. The SMILES string of the molecule is CC[C@]1(O)C[C@@H]2C[C@](C(=O)OC)(c3cc4c(cc3OC)N[C@H]3[C@@](O)(C(=O)OC)[C@H](OC(C)=O)[C@]5(CC)C=CCN6CC[C@]43[C@@H]65)C3=Nc4ccccc4[C@@]34CCN(C1)[C@@H]24. The highest BCUT2D eigenvalue weighted by Gasteiger charge is 2.80. The van der Waals surface area contributed by atoms with Crippen LogP contribution in [0, 0.1) is 11.3 Å². The van der Waals surface area contributed by atoms with Crippen molar-refractivity contribution in [3.05, 3.63) is 65.2 Å². The second kappa shape index (κ2) is 12.4. The Morgan fingerprint density at radius 1 is 0.931 bits per heavy atom. The highest BCUT2D eigenvalue weighted by atomic mass is 16.6. The van der Waals surface area contributed by atoms with Crippen LogP contribution in [0.2, 0.25) is 0 Å². The third kappa shape index (κ3) is 4.26. The number of aliphatic imine (C=N–C) groups is 1. The number of carbonyl (C=O) groups excluding carboxylic acids is 3. The summed E-state index contributed by atoms with van der Waals surface area (Å²) in [6.07, 6.45) is 6.02. The lowest BCUT2D eigenvalue weighted by Gasteiger charge is -2.62. The highest BCUT2D eigenvalue weighted by molar-refractivity contribution is 6.21. The number of rotatable bonds is 7. The van der Waals surface area contributed by atoms with E-state index in [1.165, 1.54) is 21.1 Å². The first-order valence-electron chi connectivity index (χ1n) is 20.9. The van der Waals surface area contributed by atoms with Crippen LogP contribution in [0.15, 0.2) is 53.5 Å². The fraction of sp³-hybridized carbons (Fsp3) is 0.600. The average Bonchev–Trinajstić information content (AvgIpc) is 4.00. The number of nitrogens with zero attached hydrogens (tertiary/aromatic N) is 3. The van der Waals surface area contributed by atoms with Crippen molar-refractivity contribution in [2.24, 2.45) is 16.3 Å². The second-order valence-corrected chi connectivity index (χ2v) is 18.3. The van der Waals surface area contributed by atoms with Gasteiger partial charge < -0.3 is 34.5 Å². The number of aliphatic hydroxyl groups is 2. The van der Waals surface area contributed by atoms with Crippen molar-refractivity contribution in [3.63, 3.8) is 0 Å². The number of piperidine rings is 1. The topological polar surface area (TPSA) is 159 Å². The van der Waals surface area contributed by atoms with Gasteiger partial charge in [-0.25, -0.2) is 4.79 Å². The third-order valence-electron chi connectivity index (χ3n) is 16.3. The van der Waals surface area contributed by atoms with E-state index in [0.717, 1.165) is 35.5 Å². The molecule has 2 saturated carbocycles. The van der Waals surface area contributed by atoms with Crippen molar-refractivity contribution in [2.75, 3.05) is 52.8 Å². The number of fused-ring (bicyclic) bond motifs is 2. The Kier molecular flexibility index (Phi) is 8.09. The van der Waals surface area contributed by atoms with Crippen molar-refractivity contribution in [2.45, 2.75) is 111 Å². The summed E-state index contributed by atoms with van der Waals surface area (Å²) in [5.74, 6) is -1.61. The van der Waals surface area contributed by atoms with Crippen LogP contribution in [0.25, 0.3) is 0 Å². The van der Waals surface area contributed by atoms with Crippen LogP contribution in [0.4, 0.5) is 11.4 Å². The van der Waals surface area contributed by atoms with Gasteiger partial charge in [0.05, 0.1) is 49.8 Å². The van der Waals surface area contributed by atoms with Gasteiger partial charge in [-0.15, -0.1) is 0 Å². The Morgan fingerprint density at radius 3 is 2.40 bits per heavy atom. The Morgan fingerprint density at radius 2 is 1.69 bits per heavy atom. The number of nitrogens with one attached hydrogen (secondary N) is 1. The minimum absolute atomic E-state index is 0.0266. The molecule has 3 saturated heterocycles. The smallest absolute Gasteiger partial charge is 0.344 e. The van der Waals surface area contributed by atoms with Crippen LogP contribution in [0.3, 0.4) is 0 Å². The first-order chi connectivity index (χ1) is 27.8. The van der Waals surface area contributed by atoms with Gasteiger partial charge in [-0.2, -0.15) is 0 Å². The molecule has 5 fully saturated rings. The predicted octanol–water partition coefficient (Wildman–Crippen LogP) is 3.69. The van der Waals surface area contributed by atoms with Crippen molar-refractivity contribution in [1.82, 2.24) is 9.80 Å². The summed E-state index contributed by atoms with van der Waals surface area (Å²) in [6.45, 7) is 7.95. The molecule has 0 unspecified atom stereocenters. The fourth-order valence-electron chi connectivity index (χ4n) is 14.4. The highest BCUT2D eigenvalue weighted by Crippen LogP contribution is 2.68. The number of esters is 3. The molecule has 2 aliphatic carbocycles. The van der Waals surface area contributed by atoms with E-state index >= 15 is 4.79 Å². The first kappa shape index (κ1) is 37.9. The van der Waals surface area contributed by atoms with Gasteiger partial charge in [-0.05, 0) is 80.8 Å². The fourth-order valence-corrected chi connectivity index (χ4v) is 14.4. The van der Waals surface area contributed by atoms with E-state index in [1.54, 1.807) is 7.11 Å². The molecule has 308 valence electrons. The summed E-state index contributed by atoms with van der Waals surface area (Å²) >= 11 is 0. The minimum atomic E-state index is -2.31. The maximum absolute atomic E-state index is 15.3. The Labute approximate surface area is 338 Å². The molecule has 2 spiro atoms. The largest absolute Gasteiger partial charge is 0.496 e. The second-order valence-electron chi connectivity index (χ2n) is 18.3. The molecule has 3 N–H and O–H groups in total. The lowest BCUT2D eigenvalue weighted by atomic mass is 9.47. The minimum Gasteiger partial charge on any atom is -0.496 e.